The Labute approximate surface area is 163 Å². The third-order valence-electron chi connectivity index (χ3n) is 6.96. The predicted molar refractivity (Wildman–Crippen MR) is 111 cm³/mol. The number of rotatable bonds is 6. The summed E-state index contributed by atoms with van der Waals surface area (Å²) in [6, 6.07) is 20.1. The number of carbonyl (C=O) groups excluding carboxylic acids is 1. The monoisotopic (exact) mass is 365 g/mol. The maximum atomic E-state index is 13.0. The molecule has 27 heavy (non-hydrogen) atoms. The summed E-state index contributed by atoms with van der Waals surface area (Å²) < 4.78 is 0.975. The van der Waals surface area contributed by atoms with E-state index in [9.17, 15) is 4.79 Å². The lowest BCUT2D eigenvalue weighted by molar-refractivity contribution is -0.944. The van der Waals surface area contributed by atoms with E-state index in [1.54, 1.807) is 0 Å². The Hall–Kier alpha value is -2.13. The van der Waals surface area contributed by atoms with E-state index >= 15 is 0 Å². The van der Waals surface area contributed by atoms with E-state index < -0.39 is 5.41 Å². The summed E-state index contributed by atoms with van der Waals surface area (Å²) in [6.45, 7) is 9.11. The van der Waals surface area contributed by atoms with Crippen molar-refractivity contribution in [2.75, 3.05) is 20.1 Å². The third-order valence-corrected chi connectivity index (χ3v) is 6.96. The van der Waals surface area contributed by atoms with Crippen molar-refractivity contribution in [3.8, 4) is 0 Å². The highest BCUT2D eigenvalue weighted by Gasteiger charge is 2.50. The van der Waals surface area contributed by atoms with E-state index in [0.717, 1.165) is 28.7 Å². The Bertz CT molecular complexity index is 745. The van der Waals surface area contributed by atoms with E-state index in [0.29, 0.717) is 12.3 Å². The first kappa shape index (κ1) is 19.6. The summed E-state index contributed by atoms with van der Waals surface area (Å²) in [6.07, 6.45) is 1.92. The SMILES string of the molecule is CC1CC(C)(C)[N+](C)(CCC(C(N)=O)(c2ccccc2)c2ccccc2)C1. The topological polar surface area (TPSA) is 43.1 Å². The summed E-state index contributed by atoms with van der Waals surface area (Å²) in [4.78, 5) is 13.0. The van der Waals surface area contributed by atoms with Crippen molar-refractivity contribution in [1.82, 2.24) is 0 Å². The van der Waals surface area contributed by atoms with Crippen molar-refractivity contribution < 1.29 is 9.28 Å². The zero-order valence-corrected chi connectivity index (χ0v) is 17.1. The van der Waals surface area contributed by atoms with Crippen LogP contribution in [0.4, 0.5) is 0 Å². The van der Waals surface area contributed by atoms with Gasteiger partial charge in [0.2, 0.25) is 5.91 Å². The number of amides is 1. The molecule has 1 aliphatic rings. The summed E-state index contributed by atoms with van der Waals surface area (Å²) in [5, 5.41) is 0. The van der Waals surface area contributed by atoms with Gasteiger partial charge in [-0.2, -0.15) is 0 Å². The van der Waals surface area contributed by atoms with Crippen molar-refractivity contribution >= 4 is 5.91 Å². The molecular formula is C24H33N2O+. The minimum absolute atomic E-state index is 0.205. The Balaban J connectivity index is 2.05. The van der Waals surface area contributed by atoms with Crippen LogP contribution < -0.4 is 5.73 Å². The van der Waals surface area contributed by atoms with Crippen molar-refractivity contribution in [2.45, 2.75) is 44.6 Å². The lowest BCUT2D eigenvalue weighted by Gasteiger charge is -2.44. The quantitative estimate of drug-likeness (QED) is 0.769. The molecule has 0 spiro atoms. The van der Waals surface area contributed by atoms with Gasteiger partial charge < -0.3 is 10.2 Å². The Kier molecular flexibility index (Phi) is 5.18. The normalized spacial score (nSPS) is 24.7. The highest BCUT2D eigenvalue weighted by atomic mass is 16.1. The van der Waals surface area contributed by atoms with Gasteiger partial charge in [-0.3, -0.25) is 4.79 Å². The number of primary amides is 1. The number of quaternary nitrogens is 1. The standard InChI is InChI=1S/C24H32N2O/c1-19-17-23(2,3)26(4,18-19)16-15-24(22(25)27,20-11-7-5-8-12-20)21-13-9-6-10-14-21/h5-14,19H,15-18H2,1-4H3,(H-,25,27)/p+1. The summed E-state index contributed by atoms with van der Waals surface area (Å²) >= 11 is 0. The smallest absolute Gasteiger partial charge is 0.232 e. The van der Waals surface area contributed by atoms with Crippen LogP contribution >= 0.6 is 0 Å². The minimum Gasteiger partial charge on any atom is -0.369 e. The molecule has 0 aliphatic carbocycles. The Morgan fingerprint density at radius 1 is 1.07 bits per heavy atom. The largest absolute Gasteiger partial charge is 0.369 e. The van der Waals surface area contributed by atoms with E-state index in [2.05, 4.69) is 27.8 Å². The predicted octanol–water partition coefficient (Wildman–Crippen LogP) is 4.11. The second kappa shape index (κ2) is 7.12. The fourth-order valence-electron chi connectivity index (χ4n) is 5.19. The highest BCUT2D eigenvalue weighted by molar-refractivity contribution is 5.90. The molecule has 144 valence electrons. The lowest BCUT2D eigenvalue weighted by Crippen LogP contribution is -2.57. The maximum absolute atomic E-state index is 13.0. The van der Waals surface area contributed by atoms with Gasteiger partial charge in [0.15, 0.2) is 0 Å². The highest BCUT2D eigenvalue weighted by Crippen LogP contribution is 2.42. The molecular weight excluding hydrogens is 332 g/mol. The van der Waals surface area contributed by atoms with E-state index in [4.69, 9.17) is 5.73 Å². The number of nitrogens with zero attached hydrogens (tertiary/aromatic N) is 1. The molecule has 2 unspecified atom stereocenters. The molecule has 3 nitrogen and oxygen atoms in total. The number of hydrogen-bond acceptors (Lipinski definition) is 1. The molecule has 1 amide bonds. The van der Waals surface area contributed by atoms with Gasteiger partial charge in [-0.15, -0.1) is 0 Å². The molecule has 1 heterocycles. The summed E-state index contributed by atoms with van der Waals surface area (Å²) in [5.41, 5.74) is 7.49. The van der Waals surface area contributed by atoms with Crippen LogP contribution in [0.25, 0.3) is 0 Å². The minimum atomic E-state index is -0.800. The van der Waals surface area contributed by atoms with Gasteiger partial charge in [0.1, 0.15) is 5.41 Å². The number of benzene rings is 2. The molecule has 2 N–H and O–H groups in total. The Morgan fingerprint density at radius 2 is 1.56 bits per heavy atom. The van der Waals surface area contributed by atoms with Crippen molar-refractivity contribution in [2.24, 2.45) is 11.7 Å². The van der Waals surface area contributed by atoms with Crippen LogP contribution in [0, 0.1) is 5.92 Å². The molecule has 0 radical (unpaired) electrons. The van der Waals surface area contributed by atoms with Crippen LogP contribution in [0.15, 0.2) is 60.7 Å². The van der Waals surface area contributed by atoms with Crippen LogP contribution in [-0.4, -0.2) is 36.1 Å². The van der Waals surface area contributed by atoms with Crippen LogP contribution in [0.1, 0.15) is 44.7 Å². The van der Waals surface area contributed by atoms with Gasteiger partial charge in [0.25, 0.3) is 0 Å². The number of carbonyl (C=O) groups is 1. The molecule has 0 saturated carbocycles. The van der Waals surface area contributed by atoms with Gasteiger partial charge in [-0.1, -0.05) is 67.6 Å². The lowest BCUT2D eigenvalue weighted by atomic mass is 9.71. The zero-order chi connectivity index (χ0) is 19.7. The van der Waals surface area contributed by atoms with Gasteiger partial charge in [0.05, 0.1) is 25.7 Å². The third kappa shape index (κ3) is 3.41. The van der Waals surface area contributed by atoms with Crippen LogP contribution in [0.5, 0.6) is 0 Å². The average Bonchev–Trinajstić information content (AvgIpc) is 2.84. The average molecular weight is 366 g/mol. The molecule has 1 fully saturated rings. The van der Waals surface area contributed by atoms with Gasteiger partial charge >= 0.3 is 0 Å². The molecule has 3 rings (SSSR count). The van der Waals surface area contributed by atoms with Crippen molar-refractivity contribution in [3.63, 3.8) is 0 Å². The first-order valence-corrected chi connectivity index (χ1v) is 9.97. The van der Waals surface area contributed by atoms with Crippen molar-refractivity contribution in [3.05, 3.63) is 71.8 Å². The van der Waals surface area contributed by atoms with E-state index in [-0.39, 0.29) is 11.4 Å². The molecule has 0 aromatic heterocycles. The zero-order valence-electron chi connectivity index (χ0n) is 17.1. The molecule has 2 aromatic carbocycles. The summed E-state index contributed by atoms with van der Waals surface area (Å²) in [5.74, 6) is 0.429. The first-order valence-electron chi connectivity index (χ1n) is 9.97. The number of nitrogens with two attached hydrogens (primary N) is 1. The molecule has 1 aliphatic heterocycles. The van der Waals surface area contributed by atoms with Gasteiger partial charge in [-0.25, -0.2) is 0 Å². The summed E-state index contributed by atoms with van der Waals surface area (Å²) in [7, 11) is 2.34. The fraction of sp³-hybridized carbons (Fsp3) is 0.458. The number of likely N-dealkylation sites (tertiary alicyclic amines) is 1. The van der Waals surface area contributed by atoms with Gasteiger partial charge in [0, 0.05) is 18.8 Å². The van der Waals surface area contributed by atoms with E-state index in [1.807, 2.05) is 60.7 Å². The fourth-order valence-corrected chi connectivity index (χ4v) is 5.19. The Morgan fingerprint density at radius 3 is 1.93 bits per heavy atom. The first-order chi connectivity index (χ1) is 12.7. The van der Waals surface area contributed by atoms with Crippen LogP contribution in [-0.2, 0) is 10.2 Å². The molecule has 2 aromatic rings. The molecule has 0 bridgehead atoms. The second-order valence-corrected chi connectivity index (χ2v) is 9.18. The molecule has 2 atom stereocenters. The van der Waals surface area contributed by atoms with Crippen LogP contribution in [0.3, 0.4) is 0 Å². The maximum Gasteiger partial charge on any atom is 0.232 e. The molecule has 3 heteroatoms. The van der Waals surface area contributed by atoms with Crippen molar-refractivity contribution in [1.29, 1.82) is 0 Å². The number of hydrogen-bond donors (Lipinski definition) is 1. The van der Waals surface area contributed by atoms with Crippen LogP contribution in [0.2, 0.25) is 0 Å². The van der Waals surface area contributed by atoms with E-state index in [1.165, 1.54) is 6.42 Å². The molecule has 1 saturated heterocycles. The second-order valence-electron chi connectivity index (χ2n) is 9.18. The van der Waals surface area contributed by atoms with Gasteiger partial charge in [-0.05, 0) is 25.0 Å².